The van der Waals surface area contributed by atoms with Crippen molar-refractivity contribution < 1.29 is 13.6 Å². The minimum absolute atomic E-state index is 0.0413. The van der Waals surface area contributed by atoms with E-state index in [4.69, 9.17) is 4.42 Å². The van der Waals surface area contributed by atoms with E-state index in [9.17, 15) is 9.18 Å². The third-order valence-electron chi connectivity index (χ3n) is 4.90. The highest BCUT2D eigenvalue weighted by Gasteiger charge is 2.20. The first-order valence-electron chi connectivity index (χ1n) is 10.2. The molecule has 0 aliphatic carbocycles. The number of carbonyl (C=O) groups is 1. The molecule has 3 rings (SSSR count). The summed E-state index contributed by atoms with van der Waals surface area (Å²) in [7, 11) is 0. The zero-order valence-corrected chi connectivity index (χ0v) is 17.6. The van der Waals surface area contributed by atoms with Crippen LogP contribution in [0.1, 0.15) is 54.3 Å². The molecule has 0 bridgehead atoms. The average Bonchev–Trinajstić information content (AvgIpc) is 3.20. The van der Waals surface area contributed by atoms with Crippen molar-refractivity contribution in [2.75, 3.05) is 6.54 Å². The van der Waals surface area contributed by atoms with Crippen LogP contribution in [0.5, 0.6) is 0 Å². The summed E-state index contributed by atoms with van der Waals surface area (Å²) < 4.78 is 19.3. The van der Waals surface area contributed by atoms with E-state index < -0.39 is 0 Å². The van der Waals surface area contributed by atoms with Crippen LogP contribution in [0.3, 0.4) is 0 Å². The first-order valence-corrected chi connectivity index (χ1v) is 10.2. The number of aromatic nitrogens is 1. The van der Waals surface area contributed by atoms with Gasteiger partial charge in [0.25, 0.3) is 5.91 Å². The van der Waals surface area contributed by atoms with Gasteiger partial charge in [-0.25, -0.2) is 9.37 Å². The maximum atomic E-state index is 13.7. The maximum Gasteiger partial charge on any atom is 0.273 e. The van der Waals surface area contributed by atoms with Crippen molar-refractivity contribution in [1.29, 1.82) is 0 Å². The van der Waals surface area contributed by atoms with Crippen LogP contribution in [0.4, 0.5) is 4.39 Å². The molecule has 0 fully saturated rings. The fourth-order valence-electron chi connectivity index (χ4n) is 3.19. The SMILES string of the molecule is CC(C)CNC(=O)c1coc(CN(Cc2cccc(F)c2)[C@@H](C)c2ccccc2)n1. The predicted molar refractivity (Wildman–Crippen MR) is 114 cm³/mol. The van der Waals surface area contributed by atoms with E-state index in [1.54, 1.807) is 6.07 Å². The van der Waals surface area contributed by atoms with E-state index in [0.717, 1.165) is 11.1 Å². The van der Waals surface area contributed by atoms with Gasteiger partial charge in [-0.3, -0.25) is 9.69 Å². The van der Waals surface area contributed by atoms with Crippen molar-refractivity contribution in [3.8, 4) is 0 Å². The molecule has 0 aliphatic rings. The van der Waals surface area contributed by atoms with Gasteiger partial charge in [-0.15, -0.1) is 0 Å². The van der Waals surface area contributed by atoms with E-state index in [-0.39, 0.29) is 23.5 Å². The Hall–Kier alpha value is -2.99. The second-order valence-corrected chi connectivity index (χ2v) is 7.85. The smallest absolute Gasteiger partial charge is 0.273 e. The van der Waals surface area contributed by atoms with Crippen LogP contribution in [-0.2, 0) is 13.1 Å². The first kappa shape index (κ1) is 21.7. The first-order chi connectivity index (χ1) is 14.4. The molecule has 0 unspecified atom stereocenters. The van der Waals surface area contributed by atoms with Gasteiger partial charge >= 0.3 is 0 Å². The number of nitrogens with one attached hydrogen (secondary N) is 1. The summed E-state index contributed by atoms with van der Waals surface area (Å²) in [5.41, 5.74) is 2.26. The fraction of sp³-hybridized carbons (Fsp3) is 0.333. The Bertz CT molecular complexity index is 956. The Morgan fingerprint density at radius 2 is 1.87 bits per heavy atom. The minimum atomic E-state index is -0.264. The van der Waals surface area contributed by atoms with Crippen molar-refractivity contribution in [2.45, 2.75) is 39.9 Å². The van der Waals surface area contributed by atoms with E-state index in [2.05, 4.69) is 34.3 Å². The number of nitrogens with zero attached hydrogens (tertiary/aromatic N) is 2. The van der Waals surface area contributed by atoms with Gasteiger partial charge in [0.05, 0.1) is 6.54 Å². The van der Waals surface area contributed by atoms with Crippen LogP contribution in [0.15, 0.2) is 65.3 Å². The maximum absolute atomic E-state index is 13.7. The number of hydrogen-bond donors (Lipinski definition) is 1. The van der Waals surface area contributed by atoms with Crippen molar-refractivity contribution >= 4 is 5.91 Å². The van der Waals surface area contributed by atoms with Crippen molar-refractivity contribution in [2.24, 2.45) is 5.92 Å². The summed E-state index contributed by atoms with van der Waals surface area (Å²) in [6, 6.07) is 16.7. The quantitative estimate of drug-likeness (QED) is 0.542. The molecule has 0 saturated carbocycles. The zero-order valence-electron chi connectivity index (χ0n) is 17.6. The molecule has 1 N–H and O–H groups in total. The Balaban J connectivity index is 1.78. The van der Waals surface area contributed by atoms with Gasteiger partial charge in [-0.2, -0.15) is 0 Å². The average molecular weight is 410 g/mol. The molecular weight excluding hydrogens is 381 g/mol. The molecule has 0 spiro atoms. The summed E-state index contributed by atoms with van der Waals surface area (Å²) in [6.45, 7) is 7.65. The van der Waals surface area contributed by atoms with Crippen LogP contribution in [0.25, 0.3) is 0 Å². The fourth-order valence-corrected chi connectivity index (χ4v) is 3.19. The van der Waals surface area contributed by atoms with Crippen molar-refractivity contribution in [3.63, 3.8) is 0 Å². The topological polar surface area (TPSA) is 58.4 Å². The molecule has 5 nitrogen and oxygen atoms in total. The summed E-state index contributed by atoms with van der Waals surface area (Å²) >= 11 is 0. The lowest BCUT2D eigenvalue weighted by Gasteiger charge is -2.28. The molecule has 6 heteroatoms. The highest BCUT2D eigenvalue weighted by Crippen LogP contribution is 2.24. The van der Waals surface area contributed by atoms with Crippen LogP contribution < -0.4 is 5.32 Å². The highest BCUT2D eigenvalue weighted by atomic mass is 19.1. The van der Waals surface area contributed by atoms with Gasteiger partial charge in [0.1, 0.15) is 12.1 Å². The molecule has 1 amide bonds. The van der Waals surface area contributed by atoms with Crippen molar-refractivity contribution in [3.05, 3.63) is 89.4 Å². The van der Waals surface area contributed by atoms with Gasteiger partial charge in [-0.05, 0) is 36.1 Å². The summed E-state index contributed by atoms with van der Waals surface area (Å²) in [4.78, 5) is 18.8. The lowest BCUT2D eigenvalue weighted by atomic mass is 10.1. The lowest BCUT2D eigenvalue weighted by molar-refractivity contribution is 0.0944. The zero-order chi connectivity index (χ0) is 21.5. The minimum Gasteiger partial charge on any atom is -0.447 e. The van der Waals surface area contributed by atoms with E-state index in [1.165, 1.54) is 18.4 Å². The molecular formula is C24H28FN3O2. The number of benzene rings is 2. The molecule has 0 saturated heterocycles. The summed E-state index contributed by atoms with van der Waals surface area (Å²) in [5, 5.41) is 2.84. The van der Waals surface area contributed by atoms with Crippen LogP contribution in [-0.4, -0.2) is 22.3 Å². The number of oxazole rings is 1. The van der Waals surface area contributed by atoms with Gasteiger partial charge in [0.15, 0.2) is 5.69 Å². The predicted octanol–water partition coefficient (Wildman–Crippen LogP) is 4.96. The molecule has 0 aliphatic heterocycles. The molecule has 158 valence electrons. The molecule has 3 aromatic rings. The second kappa shape index (κ2) is 10.2. The van der Waals surface area contributed by atoms with E-state index in [0.29, 0.717) is 31.4 Å². The van der Waals surface area contributed by atoms with Crippen LogP contribution in [0, 0.1) is 11.7 Å². The highest BCUT2D eigenvalue weighted by molar-refractivity contribution is 5.91. The number of rotatable bonds is 9. The standard InChI is InChI=1S/C24H28FN3O2/c1-17(2)13-26-24(29)22-16-30-23(27-22)15-28(14-19-8-7-11-21(25)12-19)18(3)20-9-5-4-6-10-20/h4-12,16-18H,13-15H2,1-3H3,(H,26,29)/t18-/m0/s1. The third-order valence-corrected chi connectivity index (χ3v) is 4.90. The van der Waals surface area contributed by atoms with Gasteiger partial charge in [0.2, 0.25) is 5.89 Å². The normalized spacial score (nSPS) is 12.3. The summed E-state index contributed by atoms with van der Waals surface area (Å²) in [5.74, 6) is 0.296. The molecule has 30 heavy (non-hydrogen) atoms. The van der Waals surface area contributed by atoms with Crippen molar-refractivity contribution in [1.82, 2.24) is 15.2 Å². The third kappa shape index (κ3) is 6.00. The van der Waals surface area contributed by atoms with E-state index >= 15 is 0 Å². The molecule has 2 aromatic carbocycles. The van der Waals surface area contributed by atoms with Crippen LogP contribution in [0.2, 0.25) is 0 Å². The molecule has 1 atom stereocenters. The Morgan fingerprint density at radius 3 is 2.57 bits per heavy atom. The monoisotopic (exact) mass is 409 g/mol. The Labute approximate surface area is 176 Å². The van der Waals surface area contributed by atoms with Crippen LogP contribution >= 0.6 is 0 Å². The number of carbonyl (C=O) groups excluding carboxylic acids is 1. The van der Waals surface area contributed by atoms with Gasteiger partial charge < -0.3 is 9.73 Å². The largest absolute Gasteiger partial charge is 0.447 e. The number of amides is 1. The number of halogens is 1. The molecule has 1 aromatic heterocycles. The number of hydrogen-bond acceptors (Lipinski definition) is 4. The van der Waals surface area contributed by atoms with Gasteiger partial charge in [0, 0.05) is 19.1 Å². The molecule has 0 radical (unpaired) electrons. The lowest BCUT2D eigenvalue weighted by Crippen LogP contribution is -2.28. The second-order valence-electron chi connectivity index (χ2n) is 7.85. The van der Waals surface area contributed by atoms with Gasteiger partial charge in [-0.1, -0.05) is 56.3 Å². The Kier molecular flexibility index (Phi) is 7.36. The molecule has 1 heterocycles. The summed E-state index contributed by atoms with van der Waals surface area (Å²) in [6.07, 6.45) is 1.39. The Morgan fingerprint density at radius 1 is 1.10 bits per heavy atom. The van der Waals surface area contributed by atoms with E-state index in [1.807, 2.05) is 38.1 Å².